The molecule has 0 bridgehead atoms. The summed E-state index contributed by atoms with van der Waals surface area (Å²) >= 11 is 5.95. The third-order valence-electron chi connectivity index (χ3n) is 4.61. The number of hydrogen-bond donors (Lipinski definition) is 2. The number of phenolic OH excluding ortho intramolecular Hbond substituents is 1. The molecule has 0 unspecified atom stereocenters. The first-order valence-electron chi connectivity index (χ1n) is 8.65. The number of nitrogens with zero attached hydrogens (tertiary/aromatic N) is 1. The largest absolute Gasteiger partial charge is 0.506 e. The molecule has 5 nitrogen and oxygen atoms in total. The van der Waals surface area contributed by atoms with Crippen LogP contribution in [0, 0.1) is 5.92 Å². The second kappa shape index (κ2) is 7.79. The Labute approximate surface area is 157 Å². The van der Waals surface area contributed by atoms with Gasteiger partial charge in [0.15, 0.2) is 0 Å². The van der Waals surface area contributed by atoms with Crippen LogP contribution in [0.1, 0.15) is 23.7 Å². The smallest absolute Gasteiger partial charge is 0.253 e. The molecule has 136 valence electrons. The summed E-state index contributed by atoms with van der Waals surface area (Å²) in [6.45, 7) is 3.54. The van der Waals surface area contributed by atoms with Crippen LogP contribution in [-0.2, 0) is 4.79 Å². The summed E-state index contributed by atoms with van der Waals surface area (Å²) < 4.78 is 0. The molecule has 3 rings (SSSR count). The topological polar surface area (TPSA) is 69.6 Å². The highest BCUT2D eigenvalue weighted by atomic mass is 35.5. The van der Waals surface area contributed by atoms with Crippen molar-refractivity contribution in [3.8, 4) is 16.9 Å². The summed E-state index contributed by atoms with van der Waals surface area (Å²) in [5.41, 5.74) is 2.37. The Hall–Kier alpha value is -2.53. The molecule has 0 saturated carbocycles. The van der Waals surface area contributed by atoms with Crippen LogP contribution < -0.4 is 5.32 Å². The summed E-state index contributed by atoms with van der Waals surface area (Å²) in [6, 6.07) is 12.3. The number of nitrogens with one attached hydrogen (secondary N) is 1. The normalized spacial score (nSPS) is 16.5. The summed E-state index contributed by atoms with van der Waals surface area (Å²) in [5.74, 6) is -0.135. The number of rotatable bonds is 4. The molecule has 0 aliphatic carbocycles. The van der Waals surface area contributed by atoms with Gasteiger partial charge in [-0.05, 0) is 48.7 Å². The van der Waals surface area contributed by atoms with Gasteiger partial charge in [0.25, 0.3) is 5.91 Å². The second-order valence-electron chi connectivity index (χ2n) is 6.37. The van der Waals surface area contributed by atoms with Gasteiger partial charge in [0.05, 0.1) is 10.9 Å². The number of likely N-dealkylation sites (tertiary alicyclic amines) is 1. The number of aromatic hydroxyl groups is 1. The van der Waals surface area contributed by atoms with Crippen molar-refractivity contribution in [2.75, 3.05) is 19.6 Å². The number of carbonyl (C=O) groups is 2. The fourth-order valence-electron chi connectivity index (χ4n) is 3.15. The molecule has 6 heteroatoms. The number of amides is 2. The van der Waals surface area contributed by atoms with Gasteiger partial charge in [-0.3, -0.25) is 9.59 Å². The predicted molar refractivity (Wildman–Crippen MR) is 101 cm³/mol. The number of carbonyl (C=O) groups excluding carboxylic acids is 2. The Morgan fingerprint density at radius 2 is 1.88 bits per heavy atom. The Balaban J connectivity index is 1.69. The first kappa shape index (κ1) is 18.3. The molecule has 1 saturated heterocycles. The SMILES string of the molecule is CCNC(=O)[C@H]1CCN(C(=O)c2ccc(-c3ccc(O)c(Cl)c3)cc2)C1. The van der Waals surface area contributed by atoms with E-state index in [0.717, 1.165) is 11.1 Å². The van der Waals surface area contributed by atoms with Gasteiger partial charge >= 0.3 is 0 Å². The Morgan fingerprint density at radius 1 is 1.19 bits per heavy atom. The average Bonchev–Trinajstić information content (AvgIpc) is 3.14. The fourth-order valence-corrected chi connectivity index (χ4v) is 3.33. The molecule has 26 heavy (non-hydrogen) atoms. The van der Waals surface area contributed by atoms with Crippen molar-refractivity contribution in [1.82, 2.24) is 10.2 Å². The Morgan fingerprint density at radius 3 is 2.54 bits per heavy atom. The first-order chi connectivity index (χ1) is 12.5. The third kappa shape index (κ3) is 3.83. The van der Waals surface area contributed by atoms with Gasteiger partial charge in [-0.1, -0.05) is 29.8 Å². The molecule has 1 heterocycles. The van der Waals surface area contributed by atoms with Crippen LogP contribution in [0.25, 0.3) is 11.1 Å². The maximum atomic E-state index is 12.7. The lowest BCUT2D eigenvalue weighted by Crippen LogP contribution is -2.34. The van der Waals surface area contributed by atoms with E-state index in [4.69, 9.17) is 11.6 Å². The number of halogens is 1. The lowest BCUT2D eigenvalue weighted by Gasteiger charge is -2.16. The highest BCUT2D eigenvalue weighted by molar-refractivity contribution is 6.32. The molecule has 1 fully saturated rings. The van der Waals surface area contributed by atoms with E-state index < -0.39 is 0 Å². The van der Waals surface area contributed by atoms with Crippen LogP contribution in [0.15, 0.2) is 42.5 Å². The van der Waals surface area contributed by atoms with E-state index in [0.29, 0.717) is 31.6 Å². The molecule has 2 N–H and O–H groups in total. The Kier molecular flexibility index (Phi) is 5.47. The van der Waals surface area contributed by atoms with Crippen LogP contribution in [-0.4, -0.2) is 41.5 Å². The highest BCUT2D eigenvalue weighted by Gasteiger charge is 2.31. The van der Waals surface area contributed by atoms with Crippen molar-refractivity contribution in [1.29, 1.82) is 0 Å². The van der Waals surface area contributed by atoms with Crippen molar-refractivity contribution >= 4 is 23.4 Å². The zero-order valence-electron chi connectivity index (χ0n) is 14.5. The van der Waals surface area contributed by atoms with Crippen LogP contribution in [0.3, 0.4) is 0 Å². The van der Waals surface area contributed by atoms with Crippen molar-refractivity contribution in [3.05, 3.63) is 53.1 Å². The van der Waals surface area contributed by atoms with E-state index >= 15 is 0 Å². The molecular formula is C20H21ClN2O3. The molecular weight excluding hydrogens is 352 g/mol. The fraction of sp³-hybridized carbons (Fsp3) is 0.300. The number of benzene rings is 2. The second-order valence-corrected chi connectivity index (χ2v) is 6.78. The zero-order valence-corrected chi connectivity index (χ0v) is 15.3. The standard InChI is InChI=1S/C20H21ClN2O3/c1-2-22-19(25)16-9-10-23(12-16)20(26)14-5-3-13(4-6-14)15-7-8-18(24)17(21)11-15/h3-8,11,16,24H,2,9-10,12H2,1H3,(H,22,25)/t16-/m0/s1. The maximum absolute atomic E-state index is 12.7. The van der Waals surface area contributed by atoms with E-state index in [1.165, 1.54) is 0 Å². The van der Waals surface area contributed by atoms with Gasteiger partial charge in [-0.15, -0.1) is 0 Å². The Bertz CT molecular complexity index is 820. The lowest BCUT2D eigenvalue weighted by atomic mass is 10.0. The van der Waals surface area contributed by atoms with Crippen molar-refractivity contribution in [3.63, 3.8) is 0 Å². The van der Waals surface area contributed by atoms with Crippen LogP contribution in [0.5, 0.6) is 5.75 Å². The van der Waals surface area contributed by atoms with E-state index in [1.54, 1.807) is 35.2 Å². The van der Waals surface area contributed by atoms with Gasteiger partial charge in [0.1, 0.15) is 5.75 Å². The van der Waals surface area contributed by atoms with Crippen molar-refractivity contribution in [2.24, 2.45) is 5.92 Å². The predicted octanol–water partition coefficient (Wildman–Crippen LogP) is 3.31. The van der Waals surface area contributed by atoms with Gasteiger partial charge in [0.2, 0.25) is 5.91 Å². The highest BCUT2D eigenvalue weighted by Crippen LogP contribution is 2.29. The molecule has 2 amide bonds. The average molecular weight is 373 g/mol. The summed E-state index contributed by atoms with van der Waals surface area (Å²) in [7, 11) is 0. The third-order valence-corrected chi connectivity index (χ3v) is 4.91. The van der Waals surface area contributed by atoms with Crippen LogP contribution >= 0.6 is 11.6 Å². The first-order valence-corrected chi connectivity index (χ1v) is 9.03. The maximum Gasteiger partial charge on any atom is 0.253 e. The van der Waals surface area contributed by atoms with E-state index in [2.05, 4.69) is 5.32 Å². The van der Waals surface area contributed by atoms with Crippen molar-refractivity contribution in [2.45, 2.75) is 13.3 Å². The summed E-state index contributed by atoms with van der Waals surface area (Å²) in [4.78, 5) is 26.3. The zero-order chi connectivity index (χ0) is 18.7. The minimum atomic E-state index is -0.127. The minimum Gasteiger partial charge on any atom is -0.506 e. The number of hydrogen-bond acceptors (Lipinski definition) is 3. The van der Waals surface area contributed by atoms with Crippen molar-refractivity contribution < 1.29 is 14.7 Å². The molecule has 0 aromatic heterocycles. The monoisotopic (exact) mass is 372 g/mol. The van der Waals surface area contributed by atoms with Crippen LogP contribution in [0.4, 0.5) is 0 Å². The summed E-state index contributed by atoms with van der Waals surface area (Å²) in [5, 5.41) is 12.6. The number of phenols is 1. The van der Waals surface area contributed by atoms with E-state index in [1.807, 2.05) is 19.1 Å². The quantitative estimate of drug-likeness (QED) is 0.865. The molecule has 2 aromatic carbocycles. The van der Waals surface area contributed by atoms with E-state index in [-0.39, 0.29) is 28.5 Å². The molecule has 0 radical (unpaired) electrons. The molecule has 0 spiro atoms. The van der Waals surface area contributed by atoms with Gasteiger partial charge in [-0.25, -0.2) is 0 Å². The summed E-state index contributed by atoms with van der Waals surface area (Å²) in [6.07, 6.45) is 0.696. The molecule has 2 aromatic rings. The molecule has 1 aliphatic rings. The van der Waals surface area contributed by atoms with Crippen LogP contribution in [0.2, 0.25) is 5.02 Å². The lowest BCUT2D eigenvalue weighted by molar-refractivity contribution is -0.124. The minimum absolute atomic E-state index is 0.0161. The molecule has 1 atom stereocenters. The van der Waals surface area contributed by atoms with Gasteiger partial charge in [0, 0.05) is 25.2 Å². The molecule has 1 aliphatic heterocycles. The van der Waals surface area contributed by atoms with Gasteiger partial charge in [-0.2, -0.15) is 0 Å². The van der Waals surface area contributed by atoms with Gasteiger partial charge < -0.3 is 15.3 Å². The van der Waals surface area contributed by atoms with E-state index in [9.17, 15) is 14.7 Å².